The number of aromatic nitrogens is 1. The topological polar surface area (TPSA) is 34.1 Å². The van der Waals surface area contributed by atoms with Crippen molar-refractivity contribution in [3.63, 3.8) is 0 Å². The Morgan fingerprint density at radius 3 is 2.68 bits per heavy atom. The Labute approximate surface area is 154 Å². The molecule has 3 rings (SSSR count). The quantitative estimate of drug-likeness (QED) is 0.642. The number of rotatable bonds is 7. The molecule has 0 aliphatic carbocycles. The molecule has 25 heavy (non-hydrogen) atoms. The molecule has 0 spiro atoms. The van der Waals surface area contributed by atoms with Crippen molar-refractivity contribution in [1.29, 1.82) is 0 Å². The molecule has 4 heteroatoms. The SMILES string of the molecule is CC(C)(CNCc1ccccc1)COc1ccnc2cc(Cl)ccc12. The first-order valence-electron chi connectivity index (χ1n) is 8.45. The van der Waals surface area contributed by atoms with Gasteiger partial charge in [-0.3, -0.25) is 4.98 Å². The van der Waals surface area contributed by atoms with Crippen LogP contribution in [0.2, 0.25) is 5.02 Å². The maximum Gasteiger partial charge on any atom is 0.130 e. The average molecular weight is 355 g/mol. The standard InChI is InChI=1S/C21H23ClN2O/c1-21(2,14-23-13-16-6-4-3-5-7-16)15-25-20-10-11-24-19-12-17(22)8-9-18(19)20/h3-12,23H,13-15H2,1-2H3. The summed E-state index contributed by atoms with van der Waals surface area (Å²) in [6.45, 7) is 6.75. The van der Waals surface area contributed by atoms with Crippen molar-refractivity contribution in [1.82, 2.24) is 10.3 Å². The first-order valence-corrected chi connectivity index (χ1v) is 8.83. The van der Waals surface area contributed by atoms with Crippen LogP contribution < -0.4 is 10.1 Å². The van der Waals surface area contributed by atoms with E-state index in [1.54, 1.807) is 6.20 Å². The number of benzene rings is 2. The second-order valence-corrected chi connectivity index (χ2v) is 7.45. The van der Waals surface area contributed by atoms with E-state index in [0.29, 0.717) is 11.6 Å². The van der Waals surface area contributed by atoms with Gasteiger partial charge in [-0.15, -0.1) is 0 Å². The molecule has 1 N–H and O–H groups in total. The summed E-state index contributed by atoms with van der Waals surface area (Å²) < 4.78 is 6.10. The smallest absolute Gasteiger partial charge is 0.130 e. The zero-order chi connectivity index (χ0) is 17.7. The first-order chi connectivity index (χ1) is 12.0. The average Bonchev–Trinajstić information content (AvgIpc) is 2.60. The lowest BCUT2D eigenvalue weighted by Gasteiger charge is -2.25. The van der Waals surface area contributed by atoms with Crippen LogP contribution >= 0.6 is 11.6 Å². The van der Waals surface area contributed by atoms with Crippen LogP contribution in [0.4, 0.5) is 0 Å². The first kappa shape index (κ1) is 17.7. The van der Waals surface area contributed by atoms with Crippen LogP contribution in [-0.4, -0.2) is 18.1 Å². The molecule has 0 atom stereocenters. The maximum atomic E-state index is 6.10. The van der Waals surface area contributed by atoms with Gasteiger partial charge in [-0.1, -0.05) is 55.8 Å². The number of ether oxygens (including phenoxy) is 1. The van der Waals surface area contributed by atoms with Gasteiger partial charge in [0.25, 0.3) is 0 Å². The van der Waals surface area contributed by atoms with Gasteiger partial charge in [0.15, 0.2) is 0 Å². The van der Waals surface area contributed by atoms with Crippen molar-refractivity contribution in [2.24, 2.45) is 5.41 Å². The van der Waals surface area contributed by atoms with E-state index in [-0.39, 0.29) is 5.41 Å². The Bertz CT molecular complexity index is 834. The van der Waals surface area contributed by atoms with Gasteiger partial charge in [0.1, 0.15) is 5.75 Å². The zero-order valence-electron chi connectivity index (χ0n) is 14.6. The van der Waals surface area contributed by atoms with Crippen LogP contribution in [0.15, 0.2) is 60.8 Å². The summed E-state index contributed by atoms with van der Waals surface area (Å²) in [7, 11) is 0. The van der Waals surface area contributed by atoms with Crippen LogP contribution in [0.1, 0.15) is 19.4 Å². The number of hydrogen-bond donors (Lipinski definition) is 1. The van der Waals surface area contributed by atoms with E-state index in [4.69, 9.17) is 16.3 Å². The third-order valence-corrected chi connectivity index (χ3v) is 4.29. The highest BCUT2D eigenvalue weighted by molar-refractivity contribution is 6.31. The monoisotopic (exact) mass is 354 g/mol. The molecule has 2 aromatic carbocycles. The maximum absolute atomic E-state index is 6.10. The fraction of sp³-hybridized carbons (Fsp3) is 0.286. The third kappa shape index (κ3) is 4.94. The Morgan fingerprint density at radius 1 is 1.08 bits per heavy atom. The summed E-state index contributed by atoms with van der Waals surface area (Å²) >= 11 is 6.04. The molecule has 3 aromatic rings. The van der Waals surface area contributed by atoms with E-state index < -0.39 is 0 Å². The lowest BCUT2D eigenvalue weighted by atomic mass is 9.94. The van der Waals surface area contributed by atoms with Crippen molar-refractivity contribution < 1.29 is 4.74 Å². The minimum Gasteiger partial charge on any atom is -0.492 e. The molecule has 0 bridgehead atoms. The van der Waals surface area contributed by atoms with Crippen LogP contribution in [0, 0.1) is 5.41 Å². The molecule has 0 amide bonds. The molecule has 0 fully saturated rings. The van der Waals surface area contributed by atoms with Crippen molar-refractivity contribution in [2.45, 2.75) is 20.4 Å². The van der Waals surface area contributed by atoms with E-state index in [1.807, 2.05) is 30.3 Å². The molecule has 0 unspecified atom stereocenters. The molecule has 0 aliphatic heterocycles. The minimum atomic E-state index is 0.0107. The van der Waals surface area contributed by atoms with Gasteiger partial charge in [0.05, 0.1) is 12.1 Å². The number of hydrogen-bond acceptors (Lipinski definition) is 3. The molecule has 130 valence electrons. The molecule has 0 saturated carbocycles. The Morgan fingerprint density at radius 2 is 1.88 bits per heavy atom. The van der Waals surface area contributed by atoms with E-state index in [1.165, 1.54) is 5.56 Å². The van der Waals surface area contributed by atoms with Crippen LogP contribution in [0.25, 0.3) is 10.9 Å². The van der Waals surface area contributed by atoms with E-state index in [9.17, 15) is 0 Å². The van der Waals surface area contributed by atoms with Crippen molar-refractivity contribution in [3.05, 3.63) is 71.4 Å². The van der Waals surface area contributed by atoms with Crippen molar-refractivity contribution in [3.8, 4) is 5.75 Å². The molecule has 0 aliphatic rings. The summed E-state index contributed by atoms with van der Waals surface area (Å²) in [5.41, 5.74) is 2.15. The van der Waals surface area contributed by atoms with Gasteiger partial charge >= 0.3 is 0 Å². The normalized spacial score (nSPS) is 11.6. The zero-order valence-corrected chi connectivity index (χ0v) is 15.4. The summed E-state index contributed by atoms with van der Waals surface area (Å²) in [6, 6.07) is 18.0. The van der Waals surface area contributed by atoms with Crippen LogP contribution in [0.5, 0.6) is 5.75 Å². The highest BCUT2D eigenvalue weighted by atomic mass is 35.5. The largest absolute Gasteiger partial charge is 0.492 e. The molecular formula is C21H23ClN2O. The van der Waals surface area contributed by atoms with E-state index in [2.05, 4.69) is 48.4 Å². The summed E-state index contributed by atoms with van der Waals surface area (Å²) in [5, 5.41) is 5.18. The van der Waals surface area contributed by atoms with Gasteiger partial charge in [0, 0.05) is 35.1 Å². The van der Waals surface area contributed by atoms with Gasteiger partial charge in [-0.25, -0.2) is 0 Å². The fourth-order valence-electron chi connectivity index (χ4n) is 2.69. The molecule has 0 saturated heterocycles. The lowest BCUT2D eigenvalue weighted by molar-refractivity contribution is 0.177. The Kier molecular flexibility index (Phi) is 5.57. The predicted molar refractivity (Wildman–Crippen MR) is 104 cm³/mol. The number of pyridine rings is 1. The van der Waals surface area contributed by atoms with Crippen molar-refractivity contribution in [2.75, 3.05) is 13.2 Å². The molecule has 3 nitrogen and oxygen atoms in total. The third-order valence-electron chi connectivity index (χ3n) is 4.06. The highest BCUT2D eigenvalue weighted by Gasteiger charge is 2.19. The molecule has 1 aromatic heterocycles. The Hall–Kier alpha value is -2.10. The molecular weight excluding hydrogens is 332 g/mol. The van der Waals surface area contributed by atoms with Gasteiger partial charge < -0.3 is 10.1 Å². The number of nitrogens with zero attached hydrogens (tertiary/aromatic N) is 1. The minimum absolute atomic E-state index is 0.0107. The molecule has 0 radical (unpaired) electrons. The molecule has 1 heterocycles. The van der Waals surface area contributed by atoms with Gasteiger partial charge in [0.2, 0.25) is 0 Å². The lowest BCUT2D eigenvalue weighted by Crippen LogP contribution is -2.34. The van der Waals surface area contributed by atoms with Gasteiger partial charge in [-0.05, 0) is 29.8 Å². The van der Waals surface area contributed by atoms with E-state index >= 15 is 0 Å². The van der Waals surface area contributed by atoms with Crippen LogP contribution in [0.3, 0.4) is 0 Å². The highest BCUT2D eigenvalue weighted by Crippen LogP contribution is 2.27. The van der Waals surface area contributed by atoms with Crippen LogP contribution in [-0.2, 0) is 6.54 Å². The summed E-state index contributed by atoms with van der Waals surface area (Å²) in [6.07, 6.45) is 1.76. The van der Waals surface area contributed by atoms with E-state index in [0.717, 1.165) is 29.7 Å². The Balaban J connectivity index is 1.58. The number of fused-ring (bicyclic) bond motifs is 1. The number of nitrogens with one attached hydrogen (secondary N) is 1. The fourth-order valence-corrected chi connectivity index (χ4v) is 2.85. The number of halogens is 1. The second-order valence-electron chi connectivity index (χ2n) is 7.01. The van der Waals surface area contributed by atoms with Crippen molar-refractivity contribution >= 4 is 22.5 Å². The predicted octanol–water partition coefficient (Wildman–Crippen LogP) is 5.08. The summed E-state index contributed by atoms with van der Waals surface area (Å²) in [4.78, 5) is 4.35. The van der Waals surface area contributed by atoms with Gasteiger partial charge in [-0.2, -0.15) is 0 Å². The summed E-state index contributed by atoms with van der Waals surface area (Å²) in [5.74, 6) is 0.845. The second kappa shape index (κ2) is 7.85.